The summed E-state index contributed by atoms with van der Waals surface area (Å²) in [5, 5.41) is 5.47. The monoisotopic (exact) mass is 414 g/mol. The maximum Gasteiger partial charge on any atom is 0.341 e. The SMILES string of the molecule is CCOC(=O)c1c(-c2ccc(C)cc2C)csc1NC(=O)CN1CCCC[C@H]1C. The Balaban J connectivity index is 1.87. The van der Waals surface area contributed by atoms with Crippen LogP contribution >= 0.6 is 11.3 Å². The Morgan fingerprint density at radius 1 is 1.24 bits per heavy atom. The first-order valence-corrected chi connectivity index (χ1v) is 11.2. The molecular formula is C23H30N2O3S. The van der Waals surface area contributed by atoms with Crippen molar-refractivity contribution in [2.24, 2.45) is 0 Å². The van der Waals surface area contributed by atoms with Crippen LogP contribution in [-0.4, -0.2) is 42.5 Å². The minimum Gasteiger partial charge on any atom is -0.462 e. The molecule has 0 bridgehead atoms. The van der Waals surface area contributed by atoms with Crippen molar-refractivity contribution in [1.82, 2.24) is 4.90 Å². The number of hydrogen-bond donors (Lipinski definition) is 1. The fourth-order valence-electron chi connectivity index (χ4n) is 3.91. The van der Waals surface area contributed by atoms with Crippen LogP contribution in [0.4, 0.5) is 5.00 Å². The molecule has 0 unspecified atom stereocenters. The number of nitrogens with zero attached hydrogens (tertiary/aromatic N) is 1. The minimum atomic E-state index is -0.398. The van der Waals surface area contributed by atoms with Crippen molar-refractivity contribution in [3.63, 3.8) is 0 Å². The summed E-state index contributed by atoms with van der Waals surface area (Å²) in [6, 6.07) is 6.56. The molecule has 1 aromatic carbocycles. The average Bonchev–Trinajstić information content (AvgIpc) is 3.07. The number of nitrogens with one attached hydrogen (secondary N) is 1. The number of carbonyl (C=O) groups excluding carboxylic acids is 2. The summed E-state index contributed by atoms with van der Waals surface area (Å²) < 4.78 is 5.31. The predicted molar refractivity (Wildman–Crippen MR) is 119 cm³/mol. The van der Waals surface area contributed by atoms with Crippen LogP contribution in [0.25, 0.3) is 11.1 Å². The van der Waals surface area contributed by atoms with E-state index in [1.807, 2.05) is 31.4 Å². The van der Waals surface area contributed by atoms with E-state index in [1.54, 1.807) is 6.92 Å². The summed E-state index contributed by atoms with van der Waals surface area (Å²) in [7, 11) is 0. The summed E-state index contributed by atoms with van der Waals surface area (Å²) in [6.45, 7) is 9.61. The largest absolute Gasteiger partial charge is 0.462 e. The number of aryl methyl sites for hydroxylation is 2. The Kier molecular flexibility index (Phi) is 7.09. The predicted octanol–water partition coefficient (Wildman–Crippen LogP) is 5.02. The highest BCUT2D eigenvalue weighted by Gasteiger charge is 2.25. The van der Waals surface area contributed by atoms with Crippen molar-refractivity contribution in [3.05, 3.63) is 40.3 Å². The second kappa shape index (κ2) is 9.55. The van der Waals surface area contributed by atoms with E-state index in [-0.39, 0.29) is 5.91 Å². The molecule has 1 fully saturated rings. The molecule has 0 spiro atoms. The molecule has 1 saturated heterocycles. The lowest BCUT2D eigenvalue weighted by molar-refractivity contribution is -0.118. The van der Waals surface area contributed by atoms with Gasteiger partial charge in [0.15, 0.2) is 0 Å². The third-order valence-electron chi connectivity index (χ3n) is 5.48. The molecule has 2 heterocycles. The lowest BCUT2D eigenvalue weighted by Gasteiger charge is -2.32. The first-order chi connectivity index (χ1) is 13.9. The zero-order valence-corrected chi connectivity index (χ0v) is 18.5. The summed E-state index contributed by atoms with van der Waals surface area (Å²) in [4.78, 5) is 27.7. The van der Waals surface area contributed by atoms with Gasteiger partial charge in [-0.1, -0.05) is 30.2 Å². The van der Waals surface area contributed by atoms with Crippen molar-refractivity contribution in [2.45, 2.75) is 53.0 Å². The highest BCUT2D eigenvalue weighted by atomic mass is 32.1. The van der Waals surface area contributed by atoms with E-state index in [0.717, 1.165) is 36.1 Å². The maximum absolute atomic E-state index is 12.7. The Labute approximate surface area is 177 Å². The van der Waals surface area contributed by atoms with Crippen LogP contribution in [0, 0.1) is 13.8 Å². The number of rotatable bonds is 6. The number of ether oxygens (including phenoxy) is 1. The molecule has 6 heteroatoms. The number of thiophene rings is 1. The van der Waals surface area contributed by atoms with Crippen LogP contribution < -0.4 is 5.32 Å². The summed E-state index contributed by atoms with van der Waals surface area (Å²) >= 11 is 1.38. The maximum atomic E-state index is 12.7. The number of likely N-dealkylation sites (tertiary alicyclic amines) is 1. The summed E-state index contributed by atoms with van der Waals surface area (Å²) in [5.74, 6) is -0.483. The first kappa shape index (κ1) is 21.5. The third-order valence-corrected chi connectivity index (χ3v) is 6.38. The van der Waals surface area contributed by atoms with E-state index in [4.69, 9.17) is 4.74 Å². The number of amides is 1. The molecule has 1 aromatic heterocycles. The van der Waals surface area contributed by atoms with Gasteiger partial charge in [0.1, 0.15) is 10.6 Å². The Bertz CT molecular complexity index is 890. The molecule has 1 aliphatic heterocycles. The summed E-state index contributed by atoms with van der Waals surface area (Å²) in [5.41, 5.74) is 4.51. The van der Waals surface area contributed by atoms with Gasteiger partial charge >= 0.3 is 5.97 Å². The Morgan fingerprint density at radius 2 is 2.03 bits per heavy atom. The van der Waals surface area contributed by atoms with Gasteiger partial charge in [0.05, 0.1) is 13.2 Å². The molecule has 2 aromatic rings. The first-order valence-electron chi connectivity index (χ1n) is 10.3. The topological polar surface area (TPSA) is 58.6 Å². The van der Waals surface area contributed by atoms with E-state index in [1.165, 1.54) is 23.3 Å². The van der Waals surface area contributed by atoms with E-state index in [2.05, 4.69) is 23.2 Å². The van der Waals surface area contributed by atoms with E-state index >= 15 is 0 Å². The fraction of sp³-hybridized carbons (Fsp3) is 0.478. The normalized spacial score (nSPS) is 17.2. The molecule has 156 valence electrons. The van der Waals surface area contributed by atoms with Crippen LogP contribution in [0.5, 0.6) is 0 Å². The highest BCUT2D eigenvalue weighted by molar-refractivity contribution is 7.15. The molecule has 0 saturated carbocycles. The Morgan fingerprint density at radius 3 is 2.72 bits per heavy atom. The number of anilines is 1. The molecule has 0 radical (unpaired) electrons. The van der Waals surface area contributed by atoms with Crippen molar-refractivity contribution < 1.29 is 14.3 Å². The van der Waals surface area contributed by atoms with Gasteiger partial charge in [-0.15, -0.1) is 11.3 Å². The second-order valence-corrected chi connectivity index (χ2v) is 8.64. The quantitative estimate of drug-likeness (QED) is 0.674. The van der Waals surface area contributed by atoms with Crippen LogP contribution in [0.2, 0.25) is 0 Å². The van der Waals surface area contributed by atoms with Crippen LogP contribution in [0.3, 0.4) is 0 Å². The number of esters is 1. The number of benzene rings is 1. The smallest absolute Gasteiger partial charge is 0.341 e. The van der Waals surface area contributed by atoms with Gasteiger partial charge in [-0.2, -0.15) is 0 Å². The number of piperidine rings is 1. The van der Waals surface area contributed by atoms with Crippen molar-refractivity contribution >= 4 is 28.2 Å². The van der Waals surface area contributed by atoms with Gasteiger partial charge in [0.25, 0.3) is 0 Å². The Hall–Kier alpha value is -2.18. The number of carbonyl (C=O) groups is 2. The van der Waals surface area contributed by atoms with Crippen LogP contribution in [0.1, 0.15) is 54.6 Å². The second-order valence-electron chi connectivity index (χ2n) is 7.76. The molecular weight excluding hydrogens is 384 g/mol. The van der Waals surface area contributed by atoms with Gasteiger partial charge in [-0.3, -0.25) is 9.69 Å². The highest BCUT2D eigenvalue weighted by Crippen LogP contribution is 2.38. The molecule has 0 aliphatic carbocycles. The van der Waals surface area contributed by atoms with Gasteiger partial charge in [0, 0.05) is 17.0 Å². The van der Waals surface area contributed by atoms with Gasteiger partial charge in [-0.25, -0.2) is 4.79 Å². The van der Waals surface area contributed by atoms with Crippen LogP contribution in [0.15, 0.2) is 23.6 Å². The standard InChI is InChI=1S/C23H30N2O3S/c1-5-28-23(27)21-19(18-10-9-15(2)12-16(18)3)14-29-22(21)24-20(26)13-25-11-7-6-8-17(25)4/h9-10,12,14,17H,5-8,11,13H2,1-4H3,(H,24,26)/t17-/m1/s1. The van der Waals surface area contributed by atoms with Crippen molar-refractivity contribution in [2.75, 3.05) is 25.0 Å². The summed E-state index contributed by atoms with van der Waals surface area (Å²) in [6.07, 6.45) is 3.47. The minimum absolute atomic E-state index is 0.0849. The molecule has 1 amide bonds. The van der Waals surface area contributed by atoms with Gasteiger partial charge in [-0.05, 0) is 58.2 Å². The van der Waals surface area contributed by atoms with E-state index in [9.17, 15) is 9.59 Å². The van der Waals surface area contributed by atoms with E-state index in [0.29, 0.717) is 29.8 Å². The van der Waals surface area contributed by atoms with Gasteiger partial charge < -0.3 is 10.1 Å². The molecule has 3 rings (SSSR count). The molecule has 1 aliphatic rings. The molecule has 1 N–H and O–H groups in total. The van der Waals surface area contributed by atoms with Crippen molar-refractivity contribution in [3.8, 4) is 11.1 Å². The zero-order chi connectivity index (χ0) is 21.0. The lowest BCUT2D eigenvalue weighted by atomic mass is 9.97. The molecule has 5 nitrogen and oxygen atoms in total. The zero-order valence-electron chi connectivity index (χ0n) is 17.7. The average molecular weight is 415 g/mol. The number of hydrogen-bond acceptors (Lipinski definition) is 5. The van der Waals surface area contributed by atoms with E-state index < -0.39 is 5.97 Å². The fourth-order valence-corrected chi connectivity index (χ4v) is 4.88. The van der Waals surface area contributed by atoms with Crippen LogP contribution in [-0.2, 0) is 9.53 Å². The molecule has 29 heavy (non-hydrogen) atoms. The lowest BCUT2D eigenvalue weighted by Crippen LogP contribution is -2.42. The van der Waals surface area contributed by atoms with Crippen molar-refractivity contribution in [1.29, 1.82) is 0 Å². The third kappa shape index (κ3) is 5.06. The molecule has 1 atom stereocenters. The van der Waals surface area contributed by atoms with Gasteiger partial charge in [0.2, 0.25) is 5.91 Å².